The minimum absolute atomic E-state index is 0.0555. The molecule has 21 heavy (non-hydrogen) atoms. The number of carbonyl (C=O) groups excluding carboxylic acids is 1. The number of aliphatic carboxylic acids is 1. The van der Waals surface area contributed by atoms with Crippen LogP contribution in [0.4, 0.5) is 13.2 Å². The predicted octanol–water partition coefficient (Wildman–Crippen LogP) is 0.621. The number of likely N-dealkylation sites (tertiary alicyclic amines) is 1. The molecule has 6 nitrogen and oxygen atoms in total. The molecule has 0 aromatic heterocycles. The molecule has 1 rings (SSSR count). The summed E-state index contributed by atoms with van der Waals surface area (Å²) in [6.45, 7) is -0.168. The Balaban J connectivity index is 2.15. The number of amides is 1. The highest BCUT2D eigenvalue weighted by atomic mass is 19.4. The second-order valence-corrected chi connectivity index (χ2v) is 4.88. The molecule has 0 radical (unpaired) electrons. The van der Waals surface area contributed by atoms with E-state index in [1.54, 1.807) is 4.90 Å². The summed E-state index contributed by atoms with van der Waals surface area (Å²) >= 11 is 0. The summed E-state index contributed by atoms with van der Waals surface area (Å²) in [6, 6.07) is 0. The summed E-state index contributed by atoms with van der Waals surface area (Å²) in [5.41, 5.74) is 0. The third-order valence-corrected chi connectivity index (χ3v) is 3.06. The van der Waals surface area contributed by atoms with Gasteiger partial charge in [-0.25, -0.2) is 0 Å². The van der Waals surface area contributed by atoms with E-state index in [1.807, 2.05) is 5.32 Å². The number of piperidine rings is 1. The molecule has 1 heterocycles. The maximum atomic E-state index is 11.9. The van der Waals surface area contributed by atoms with E-state index in [0.717, 1.165) is 0 Å². The van der Waals surface area contributed by atoms with Crippen LogP contribution in [0.15, 0.2) is 0 Å². The summed E-state index contributed by atoms with van der Waals surface area (Å²) in [4.78, 5) is 23.4. The zero-order valence-corrected chi connectivity index (χ0v) is 11.5. The Morgan fingerprint density at radius 2 is 1.90 bits per heavy atom. The minimum Gasteiger partial charge on any atom is -0.481 e. The zero-order valence-electron chi connectivity index (χ0n) is 11.5. The van der Waals surface area contributed by atoms with Gasteiger partial charge in [0.05, 0.1) is 25.7 Å². The van der Waals surface area contributed by atoms with Crippen LogP contribution in [0.25, 0.3) is 0 Å². The van der Waals surface area contributed by atoms with Crippen molar-refractivity contribution in [3.8, 4) is 0 Å². The van der Waals surface area contributed by atoms with E-state index in [0.29, 0.717) is 25.9 Å². The zero-order chi connectivity index (χ0) is 15.9. The molecule has 0 bridgehead atoms. The van der Waals surface area contributed by atoms with Gasteiger partial charge < -0.3 is 15.2 Å². The number of carboxylic acid groups (broad SMARTS) is 1. The van der Waals surface area contributed by atoms with E-state index >= 15 is 0 Å². The SMILES string of the molecule is O=C(O)CCOC1CCN(CC(=O)NCC(F)(F)F)CC1. The number of hydrogen-bond acceptors (Lipinski definition) is 4. The molecule has 0 spiro atoms. The van der Waals surface area contributed by atoms with Crippen molar-refractivity contribution in [2.75, 3.05) is 32.8 Å². The molecule has 0 aromatic rings. The van der Waals surface area contributed by atoms with Crippen LogP contribution in [0, 0.1) is 0 Å². The highest BCUT2D eigenvalue weighted by Gasteiger charge is 2.28. The van der Waals surface area contributed by atoms with Gasteiger partial charge in [-0.05, 0) is 12.8 Å². The number of carbonyl (C=O) groups is 2. The van der Waals surface area contributed by atoms with Crippen molar-refractivity contribution in [3.05, 3.63) is 0 Å². The van der Waals surface area contributed by atoms with Crippen molar-refractivity contribution < 1.29 is 32.6 Å². The Morgan fingerprint density at radius 3 is 2.43 bits per heavy atom. The van der Waals surface area contributed by atoms with Crippen LogP contribution in [-0.4, -0.2) is 66.9 Å². The van der Waals surface area contributed by atoms with Crippen molar-refractivity contribution in [1.82, 2.24) is 10.2 Å². The number of nitrogens with zero attached hydrogens (tertiary/aromatic N) is 1. The smallest absolute Gasteiger partial charge is 0.405 e. The maximum absolute atomic E-state index is 11.9. The molecule has 0 unspecified atom stereocenters. The molecule has 9 heteroatoms. The fourth-order valence-corrected chi connectivity index (χ4v) is 2.00. The van der Waals surface area contributed by atoms with Crippen molar-refractivity contribution in [1.29, 1.82) is 0 Å². The van der Waals surface area contributed by atoms with Crippen LogP contribution >= 0.6 is 0 Å². The largest absolute Gasteiger partial charge is 0.481 e. The lowest BCUT2D eigenvalue weighted by Crippen LogP contribution is -2.45. The number of ether oxygens (including phenoxy) is 1. The lowest BCUT2D eigenvalue weighted by Gasteiger charge is -2.31. The van der Waals surface area contributed by atoms with Crippen molar-refractivity contribution in [3.63, 3.8) is 0 Å². The highest BCUT2D eigenvalue weighted by molar-refractivity contribution is 5.78. The Hall–Kier alpha value is -1.35. The van der Waals surface area contributed by atoms with E-state index in [2.05, 4.69) is 0 Å². The number of halogens is 3. The van der Waals surface area contributed by atoms with Crippen LogP contribution < -0.4 is 5.32 Å². The van der Waals surface area contributed by atoms with Gasteiger partial charge in [-0.3, -0.25) is 14.5 Å². The lowest BCUT2D eigenvalue weighted by atomic mass is 10.1. The first-order valence-electron chi connectivity index (χ1n) is 6.65. The number of nitrogens with one attached hydrogen (secondary N) is 1. The first-order chi connectivity index (χ1) is 9.76. The van der Waals surface area contributed by atoms with E-state index in [-0.39, 0.29) is 25.7 Å². The molecule has 1 amide bonds. The Bertz CT molecular complexity index is 355. The van der Waals surface area contributed by atoms with Crippen LogP contribution in [-0.2, 0) is 14.3 Å². The van der Waals surface area contributed by atoms with Crippen LogP contribution in [0.1, 0.15) is 19.3 Å². The predicted molar refractivity (Wildman–Crippen MR) is 66.7 cm³/mol. The first kappa shape index (κ1) is 17.7. The van der Waals surface area contributed by atoms with Crippen LogP contribution in [0.3, 0.4) is 0 Å². The van der Waals surface area contributed by atoms with E-state index in [9.17, 15) is 22.8 Å². The van der Waals surface area contributed by atoms with Gasteiger partial charge in [0.15, 0.2) is 0 Å². The van der Waals surface area contributed by atoms with Crippen molar-refractivity contribution >= 4 is 11.9 Å². The van der Waals surface area contributed by atoms with E-state index in [1.165, 1.54) is 0 Å². The molecule has 2 N–H and O–H groups in total. The Kier molecular flexibility index (Phi) is 6.90. The van der Waals surface area contributed by atoms with Gasteiger partial charge in [0, 0.05) is 13.1 Å². The summed E-state index contributed by atoms with van der Waals surface area (Å²) in [7, 11) is 0. The monoisotopic (exact) mass is 312 g/mol. The topological polar surface area (TPSA) is 78.9 Å². The van der Waals surface area contributed by atoms with E-state index in [4.69, 9.17) is 9.84 Å². The molecule has 0 aliphatic carbocycles. The average molecular weight is 312 g/mol. The molecule has 0 atom stereocenters. The Labute approximate surface area is 120 Å². The molecular weight excluding hydrogens is 293 g/mol. The number of rotatable bonds is 7. The standard InChI is InChI=1S/C12H19F3N2O4/c13-12(14,15)8-16-10(18)7-17-4-1-9(2-5-17)21-6-3-11(19)20/h9H,1-8H2,(H,16,18)(H,19,20). The molecule has 1 aliphatic rings. The van der Waals surface area contributed by atoms with Crippen molar-refractivity contribution in [2.24, 2.45) is 0 Å². The van der Waals surface area contributed by atoms with E-state index < -0.39 is 24.6 Å². The Morgan fingerprint density at radius 1 is 1.29 bits per heavy atom. The second kappa shape index (κ2) is 8.18. The summed E-state index contributed by atoms with van der Waals surface area (Å²) in [6.07, 6.45) is -3.25. The highest BCUT2D eigenvalue weighted by Crippen LogP contribution is 2.14. The van der Waals surface area contributed by atoms with Gasteiger partial charge in [-0.2, -0.15) is 13.2 Å². The molecule has 0 saturated carbocycles. The molecule has 1 fully saturated rings. The molecule has 1 aliphatic heterocycles. The van der Waals surface area contributed by atoms with Crippen LogP contribution in [0.2, 0.25) is 0 Å². The number of alkyl halides is 3. The quantitative estimate of drug-likeness (QED) is 0.720. The molecular formula is C12H19F3N2O4. The summed E-state index contributed by atoms with van der Waals surface area (Å²) in [5, 5.41) is 10.3. The normalized spacial score (nSPS) is 17.7. The van der Waals surface area contributed by atoms with Gasteiger partial charge in [-0.15, -0.1) is 0 Å². The maximum Gasteiger partial charge on any atom is 0.405 e. The molecule has 122 valence electrons. The summed E-state index contributed by atoms with van der Waals surface area (Å²) < 4.78 is 41.2. The van der Waals surface area contributed by atoms with Gasteiger partial charge in [0.1, 0.15) is 6.54 Å². The van der Waals surface area contributed by atoms with Gasteiger partial charge in [0.25, 0.3) is 0 Å². The first-order valence-corrected chi connectivity index (χ1v) is 6.65. The van der Waals surface area contributed by atoms with Crippen LogP contribution in [0.5, 0.6) is 0 Å². The number of carboxylic acids is 1. The third-order valence-electron chi connectivity index (χ3n) is 3.06. The third kappa shape index (κ3) is 8.51. The molecule has 0 aromatic carbocycles. The molecule has 1 saturated heterocycles. The van der Waals surface area contributed by atoms with Gasteiger partial charge in [0.2, 0.25) is 5.91 Å². The van der Waals surface area contributed by atoms with Gasteiger partial charge >= 0.3 is 12.1 Å². The average Bonchev–Trinajstić information content (AvgIpc) is 2.37. The number of hydrogen-bond donors (Lipinski definition) is 2. The minimum atomic E-state index is -4.40. The van der Waals surface area contributed by atoms with Gasteiger partial charge in [-0.1, -0.05) is 0 Å². The summed E-state index contributed by atoms with van der Waals surface area (Å²) in [5.74, 6) is -1.58. The fraction of sp³-hybridized carbons (Fsp3) is 0.833. The van der Waals surface area contributed by atoms with Crippen molar-refractivity contribution in [2.45, 2.75) is 31.5 Å². The fourth-order valence-electron chi connectivity index (χ4n) is 2.00. The lowest BCUT2D eigenvalue weighted by molar-refractivity contribution is -0.140. The second-order valence-electron chi connectivity index (χ2n) is 4.88.